The van der Waals surface area contributed by atoms with Gasteiger partial charge < -0.3 is 34.4 Å². The number of hydrogen-bond donors (Lipinski definition) is 3. The fourth-order valence-electron chi connectivity index (χ4n) is 4.87. The number of amides is 1. The van der Waals surface area contributed by atoms with Crippen molar-refractivity contribution in [1.82, 2.24) is 4.90 Å². The Hall–Kier alpha value is -5.34. The van der Waals surface area contributed by atoms with Crippen LogP contribution in [-0.4, -0.2) is 44.6 Å². The Morgan fingerprint density at radius 1 is 0.837 bits per heavy atom. The number of benzene rings is 3. The maximum absolute atomic E-state index is 14.3. The zero-order valence-corrected chi connectivity index (χ0v) is 21.8. The molecule has 11 nitrogen and oxygen atoms in total. The van der Waals surface area contributed by atoms with Crippen LogP contribution in [0.1, 0.15) is 51.5 Å². The van der Waals surface area contributed by atoms with Gasteiger partial charge in [0.2, 0.25) is 0 Å². The number of alkyl halides is 3. The summed E-state index contributed by atoms with van der Waals surface area (Å²) in [6, 6.07) is 9.15. The van der Waals surface area contributed by atoms with Crippen LogP contribution in [0.2, 0.25) is 0 Å². The summed E-state index contributed by atoms with van der Waals surface area (Å²) < 4.78 is 68.4. The van der Waals surface area contributed by atoms with Gasteiger partial charge in [-0.2, -0.15) is 13.2 Å². The van der Waals surface area contributed by atoms with Crippen LogP contribution in [0, 0.1) is 5.82 Å². The summed E-state index contributed by atoms with van der Waals surface area (Å²) in [5.74, 6) is -4.76. The smallest absolute Gasteiger partial charge is 0.449 e. The van der Waals surface area contributed by atoms with Crippen LogP contribution in [-0.2, 0) is 19.1 Å². The summed E-state index contributed by atoms with van der Waals surface area (Å²) in [6.07, 6.45) is -9.28. The molecule has 3 aromatic rings. The van der Waals surface area contributed by atoms with Crippen LogP contribution in [0.25, 0.3) is 0 Å². The summed E-state index contributed by atoms with van der Waals surface area (Å²) in [5.41, 5.74) is -0.762. The molecule has 0 unspecified atom stereocenters. The van der Waals surface area contributed by atoms with Crippen LogP contribution in [0.4, 0.5) is 31.9 Å². The van der Waals surface area contributed by atoms with Gasteiger partial charge in [0, 0.05) is 18.7 Å². The van der Waals surface area contributed by atoms with E-state index >= 15 is 0 Å². The summed E-state index contributed by atoms with van der Waals surface area (Å²) in [6.45, 7) is -0.603. The van der Waals surface area contributed by atoms with Crippen LogP contribution in [0.3, 0.4) is 0 Å². The van der Waals surface area contributed by atoms with Crippen molar-refractivity contribution in [3.05, 3.63) is 88.2 Å². The van der Waals surface area contributed by atoms with Gasteiger partial charge in [-0.05, 0) is 54.2 Å². The second-order valence-corrected chi connectivity index (χ2v) is 9.28. The monoisotopic (exact) mass is 607 g/mol. The Labute approximate surface area is 239 Å². The lowest BCUT2D eigenvalue weighted by molar-refractivity contribution is -0.137. The molecule has 0 fully saturated rings. The lowest BCUT2D eigenvalue weighted by Crippen LogP contribution is -2.36. The molecule has 0 spiro atoms. The second-order valence-electron chi connectivity index (χ2n) is 9.28. The molecule has 3 N–H and O–H groups in total. The van der Waals surface area contributed by atoms with Gasteiger partial charge in [0.15, 0.2) is 17.2 Å². The van der Waals surface area contributed by atoms with E-state index in [0.29, 0.717) is 49.1 Å². The number of carbonyl (C=O) groups excluding carboxylic acids is 1. The van der Waals surface area contributed by atoms with Crippen LogP contribution in [0.5, 0.6) is 17.2 Å². The Bertz CT molecular complexity index is 1590. The van der Waals surface area contributed by atoms with E-state index in [0.717, 1.165) is 16.5 Å². The minimum Gasteiger partial charge on any atom is -0.449 e. The quantitative estimate of drug-likeness (QED) is 0.149. The maximum atomic E-state index is 14.3. The van der Waals surface area contributed by atoms with Gasteiger partial charge in [-0.3, -0.25) is 4.79 Å². The van der Waals surface area contributed by atoms with E-state index in [-0.39, 0.29) is 5.56 Å². The minimum absolute atomic E-state index is 0.253. The summed E-state index contributed by atoms with van der Waals surface area (Å²) >= 11 is 0. The van der Waals surface area contributed by atoms with Crippen molar-refractivity contribution in [3.63, 3.8) is 0 Å². The third-order valence-corrected chi connectivity index (χ3v) is 6.48. The van der Waals surface area contributed by atoms with Crippen molar-refractivity contribution in [1.29, 1.82) is 0 Å². The van der Waals surface area contributed by atoms with Gasteiger partial charge in [-0.1, -0.05) is 24.3 Å². The molecule has 0 aliphatic heterocycles. The fraction of sp³-hybridized carbons (Fsp3) is 0.214. The molecule has 4 rings (SSSR count). The van der Waals surface area contributed by atoms with Gasteiger partial charge in [-0.25, -0.2) is 18.8 Å². The predicted octanol–water partition coefficient (Wildman–Crippen LogP) is 6.73. The van der Waals surface area contributed by atoms with Crippen molar-refractivity contribution in [2.24, 2.45) is 0 Å². The van der Waals surface area contributed by atoms with E-state index in [2.05, 4.69) is 14.2 Å². The zero-order valence-electron chi connectivity index (χ0n) is 21.8. The maximum Gasteiger partial charge on any atom is 0.511 e. The number of rotatable bonds is 7. The van der Waals surface area contributed by atoms with Crippen LogP contribution in [0.15, 0.2) is 54.6 Å². The normalized spacial score (nSPS) is 14.3. The highest BCUT2D eigenvalue weighted by atomic mass is 19.4. The largest absolute Gasteiger partial charge is 0.511 e. The molecule has 1 atom stereocenters. The van der Waals surface area contributed by atoms with Crippen LogP contribution >= 0.6 is 0 Å². The van der Waals surface area contributed by atoms with E-state index in [4.69, 9.17) is 10.2 Å². The van der Waals surface area contributed by atoms with E-state index in [1.54, 1.807) is 24.3 Å². The molecular weight excluding hydrogens is 586 g/mol. The third-order valence-electron chi connectivity index (χ3n) is 6.48. The number of halogens is 4. The van der Waals surface area contributed by atoms with Crippen LogP contribution < -0.4 is 14.2 Å². The first-order valence-corrected chi connectivity index (χ1v) is 12.4. The molecule has 226 valence electrons. The van der Waals surface area contributed by atoms with E-state index in [1.165, 1.54) is 0 Å². The fourth-order valence-corrected chi connectivity index (χ4v) is 4.87. The number of ether oxygens (including phenoxy) is 3. The molecular formula is C28H21F4NO10. The molecule has 1 aliphatic carbocycles. The Balaban J connectivity index is 1.90. The highest BCUT2D eigenvalue weighted by Gasteiger charge is 2.35. The van der Waals surface area contributed by atoms with Gasteiger partial charge in [0.05, 0.1) is 17.2 Å². The highest BCUT2D eigenvalue weighted by molar-refractivity contribution is 5.99. The predicted molar refractivity (Wildman–Crippen MR) is 136 cm³/mol. The molecule has 0 radical (unpaired) electrons. The molecule has 0 heterocycles. The van der Waals surface area contributed by atoms with Gasteiger partial charge in [-0.15, -0.1) is 0 Å². The molecule has 0 bridgehead atoms. The average molecular weight is 607 g/mol. The van der Waals surface area contributed by atoms with Crippen molar-refractivity contribution < 1.29 is 66.3 Å². The lowest BCUT2D eigenvalue weighted by atomic mass is 9.86. The zero-order chi connectivity index (χ0) is 31.5. The highest BCUT2D eigenvalue weighted by Crippen LogP contribution is 2.41. The topological polar surface area (TPSA) is 160 Å². The summed E-state index contributed by atoms with van der Waals surface area (Å²) in [4.78, 5) is 49.1. The van der Waals surface area contributed by atoms with E-state index in [1.807, 2.05) is 0 Å². The summed E-state index contributed by atoms with van der Waals surface area (Å²) in [7, 11) is 0. The van der Waals surface area contributed by atoms with Crippen molar-refractivity contribution in [2.45, 2.75) is 38.0 Å². The van der Waals surface area contributed by atoms with Gasteiger partial charge in [0.1, 0.15) is 5.82 Å². The summed E-state index contributed by atoms with van der Waals surface area (Å²) in [5, 5.41) is 27.4. The lowest BCUT2D eigenvalue weighted by Gasteiger charge is -2.36. The molecule has 0 saturated heterocycles. The first kappa shape index (κ1) is 30.6. The number of aryl methyl sites for hydroxylation is 1. The number of nitrogens with zero attached hydrogens (tertiary/aromatic N) is 1. The second kappa shape index (κ2) is 12.3. The standard InChI is InChI=1S/C28H21F4NO10/c29-17-9-14(8-16(10-17)28(30,31)32)13-33(20-7-3-5-15-4-1-2-6-18(15)20)24(34)19-11-22(42-26(37)38)23(43-27(39)40)12-21(19)41-25(35)36/h1-2,4,6,8-12,20H,3,5,7,13H2,(H,35,36)(H,37,38)(H,39,40)/t20-/m0/s1. The number of carbonyl (C=O) groups is 4. The molecule has 43 heavy (non-hydrogen) atoms. The van der Waals surface area contributed by atoms with E-state index < -0.39 is 77.3 Å². The molecule has 3 aromatic carbocycles. The van der Waals surface area contributed by atoms with Crippen molar-refractivity contribution in [2.75, 3.05) is 0 Å². The minimum atomic E-state index is -4.91. The first-order valence-electron chi connectivity index (χ1n) is 12.4. The molecule has 0 saturated carbocycles. The Morgan fingerprint density at radius 2 is 1.44 bits per heavy atom. The first-order chi connectivity index (χ1) is 20.2. The SMILES string of the molecule is O=C(O)Oc1cc(OC(=O)O)c(C(=O)N(Cc2cc(F)cc(C(F)(F)F)c2)[C@H]2CCCc3ccccc32)cc1OC(=O)O. The molecule has 0 aromatic heterocycles. The van der Waals surface area contributed by atoms with Gasteiger partial charge >= 0.3 is 24.6 Å². The molecule has 1 amide bonds. The van der Waals surface area contributed by atoms with Gasteiger partial charge in [0.25, 0.3) is 5.91 Å². The third kappa shape index (κ3) is 7.30. The average Bonchev–Trinajstić information content (AvgIpc) is 2.91. The number of carboxylic acid groups (broad SMARTS) is 3. The molecule has 1 aliphatic rings. The van der Waals surface area contributed by atoms with E-state index in [9.17, 15) is 41.8 Å². The number of hydrogen-bond acceptors (Lipinski definition) is 7. The molecule has 15 heteroatoms. The van der Waals surface area contributed by atoms with Crippen molar-refractivity contribution >= 4 is 24.4 Å². The van der Waals surface area contributed by atoms with Crippen molar-refractivity contribution in [3.8, 4) is 17.2 Å². The Morgan fingerprint density at radius 3 is 2.07 bits per heavy atom. The Kier molecular flexibility index (Phi) is 8.73. The number of fused-ring (bicyclic) bond motifs is 1.